The molecule has 2 aromatic heterocycles. The van der Waals surface area contributed by atoms with Crippen molar-refractivity contribution in [1.29, 1.82) is 0 Å². The Morgan fingerprint density at radius 3 is 2.63 bits per heavy atom. The Morgan fingerprint density at radius 2 is 1.94 bits per heavy atom. The molecular formula is C28H24FN3O2S. The molecule has 2 aliphatic rings. The molecule has 3 heterocycles. The number of rotatable bonds is 6. The van der Waals surface area contributed by atoms with Crippen LogP contribution in [0.1, 0.15) is 36.2 Å². The van der Waals surface area contributed by atoms with Gasteiger partial charge >= 0.3 is 5.97 Å². The number of halogens is 1. The summed E-state index contributed by atoms with van der Waals surface area (Å²) in [5.41, 5.74) is 3.91. The number of carboxylic acid groups (broad SMARTS) is 1. The minimum Gasteiger partial charge on any atom is -0.481 e. The van der Waals surface area contributed by atoms with Gasteiger partial charge in [0, 0.05) is 18.2 Å². The Hall–Kier alpha value is -3.42. The van der Waals surface area contributed by atoms with Crippen LogP contribution in [-0.4, -0.2) is 39.0 Å². The van der Waals surface area contributed by atoms with Gasteiger partial charge in [0.05, 0.1) is 17.0 Å². The molecule has 2 atom stereocenters. The summed E-state index contributed by atoms with van der Waals surface area (Å²) >= 11 is 1.40. The van der Waals surface area contributed by atoms with Gasteiger partial charge in [-0.05, 0) is 55.3 Å². The lowest BCUT2D eigenvalue weighted by Crippen LogP contribution is -2.26. The van der Waals surface area contributed by atoms with E-state index in [4.69, 9.17) is 4.98 Å². The second-order valence-corrected chi connectivity index (χ2v) is 10.3. The minimum absolute atomic E-state index is 0.0530. The van der Waals surface area contributed by atoms with Gasteiger partial charge in [0.15, 0.2) is 0 Å². The molecule has 35 heavy (non-hydrogen) atoms. The molecule has 6 rings (SSSR count). The van der Waals surface area contributed by atoms with Crippen LogP contribution in [0.15, 0.2) is 72.8 Å². The summed E-state index contributed by atoms with van der Waals surface area (Å²) in [5.74, 6) is -1.44. The maximum Gasteiger partial charge on any atom is 0.307 e. The Balaban J connectivity index is 1.27. The van der Waals surface area contributed by atoms with E-state index in [1.54, 1.807) is 12.1 Å². The molecule has 0 bridgehead atoms. The third-order valence-corrected chi connectivity index (χ3v) is 8.25. The van der Waals surface area contributed by atoms with Gasteiger partial charge in [-0.1, -0.05) is 59.9 Å². The first-order chi connectivity index (χ1) is 16.9. The third-order valence-electron chi connectivity index (χ3n) is 7.25. The van der Waals surface area contributed by atoms with Gasteiger partial charge < -0.3 is 5.11 Å². The second kappa shape index (κ2) is 8.36. The minimum atomic E-state index is -0.763. The van der Waals surface area contributed by atoms with Crippen molar-refractivity contribution in [2.75, 3.05) is 13.1 Å². The number of hydrogen-bond donors (Lipinski definition) is 1. The summed E-state index contributed by atoms with van der Waals surface area (Å²) in [7, 11) is 0. The van der Waals surface area contributed by atoms with Crippen LogP contribution in [0.25, 0.3) is 20.9 Å². The van der Waals surface area contributed by atoms with Gasteiger partial charge in [-0.2, -0.15) is 0 Å². The van der Waals surface area contributed by atoms with Crippen LogP contribution in [0.4, 0.5) is 4.39 Å². The molecule has 2 unspecified atom stereocenters. The fourth-order valence-corrected chi connectivity index (χ4v) is 5.95. The highest BCUT2D eigenvalue weighted by molar-refractivity contribution is 7.21. The lowest BCUT2D eigenvalue weighted by molar-refractivity contribution is -0.141. The largest absolute Gasteiger partial charge is 0.481 e. The van der Waals surface area contributed by atoms with Gasteiger partial charge in [-0.3, -0.25) is 9.69 Å². The van der Waals surface area contributed by atoms with Crippen molar-refractivity contribution in [2.24, 2.45) is 5.92 Å². The zero-order chi connectivity index (χ0) is 24.2. The molecule has 5 nitrogen and oxygen atoms in total. The highest BCUT2D eigenvalue weighted by atomic mass is 32.1. The summed E-state index contributed by atoms with van der Waals surface area (Å²) in [5, 5.41) is 9.87. The van der Waals surface area contributed by atoms with E-state index in [1.165, 1.54) is 16.9 Å². The molecule has 1 saturated heterocycles. The summed E-state index contributed by atoms with van der Waals surface area (Å²) in [4.78, 5) is 23.7. The number of thiazole rings is 1. The molecule has 176 valence electrons. The first-order valence-corrected chi connectivity index (χ1v) is 12.6. The highest BCUT2D eigenvalue weighted by Crippen LogP contribution is 2.45. The Bertz CT molecular complexity index is 1460. The van der Waals surface area contributed by atoms with Crippen LogP contribution in [0.5, 0.6) is 0 Å². The molecule has 1 aliphatic carbocycles. The van der Waals surface area contributed by atoms with Crippen molar-refractivity contribution in [3.8, 4) is 10.6 Å². The first-order valence-electron chi connectivity index (χ1n) is 11.8. The molecule has 7 heteroatoms. The summed E-state index contributed by atoms with van der Waals surface area (Å²) in [6.07, 6.45) is 4.93. The number of nitrogens with zero attached hydrogens (tertiary/aromatic N) is 3. The van der Waals surface area contributed by atoms with Crippen molar-refractivity contribution in [1.82, 2.24) is 14.9 Å². The normalized spacial score (nSPS) is 19.8. The number of fused-ring (bicyclic) bond motifs is 1. The topological polar surface area (TPSA) is 66.3 Å². The van der Waals surface area contributed by atoms with Crippen LogP contribution >= 0.6 is 11.3 Å². The van der Waals surface area contributed by atoms with E-state index in [1.807, 2.05) is 43.3 Å². The molecule has 4 aromatic rings. The Kier molecular flexibility index (Phi) is 5.27. The number of benzene rings is 2. The van der Waals surface area contributed by atoms with Crippen LogP contribution in [0.3, 0.4) is 0 Å². The smallest absolute Gasteiger partial charge is 0.307 e. The van der Waals surface area contributed by atoms with E-state index in [-0.39, 0.29) is 23.2 Å². The van der Waals surface area contributed by atoms with E-state index in [2.05, 4.69) is 34.2 Å². The number of allylic oxidation sites excluding steroid dienone is 2. The SMILES string of the molecule is CC(c1ccc(-c2nc3ccc(C4(c5ccccc5)C=C4)nc3s2)c(F)c1)N1CCC(C(=O)O)C1. The number of carbonyl (C=O) groups is 1. The van der Waals surface area contributed by atoms with Gasteiger partial charge in [0.2, 0.25) is 0 Å². The second-order valence-electron chi connectivity index (χ2n) is 9.34. The van der Waals surface area contributed by atoms with Crippen LogP contribution in [0.2, 0.25) is 0 Å². The lowest BCUT2D eigenvalue weighted by Gasteiger charge is -2.24. The van der Waals surface area contributed by atoms with E-state index < -0.39 is 5.97 Å². The van der Waals surface area contributed by atoms with E-state index in [0.717, 1.165) is 21.6 Å². The Labute approximate surface area is 206 Å². The maximum atomic E-state index is 15.2. The third kappa shape index (κ3) is 3.85. The number of aliphatic carboxylic acids is 1. The van der Waals surface area contributed by atoms with Crippen LogP contribution in [0, 0.1) is 11.7 Å². The molecule has 1 N–H and O–H groups in total. The number of pyridine rings is 1. The molecule has 1 aliphatic heterocycles. The van der Waals surface area contributed by atoms with Crippen molar-refractivity contribution in [2.45, 2.75) is 24.8 Å². The van der Waals surface area contributed by atoms with Gasteiger partial charge in [0.1, 0.15) is 21.2 Å². The summed E-state index contributed by atoms with van der Waals surface area (Å²) in [6, 6.07) is 19.4. The quantitative estimate of drug-likeness (QED) is 0.349. The molecule has 0 radical (unpaired) electrons. The van der Waals surface area contributed by atoms with Gasteiger partial charge in [-0.25, -0.2) is 14.4 Å². The number of hydrogen-bond acceptors (Lipinski definition) is 5. The highest BCUT2D eigenvalue weighted by Gasteiger charge is 2.39. The molecular weight excluding hydrogens is 461 g/mol. The predicted octanol–water partition coefficient (Wildman–Crippen LogP) is 5.82. The molecule has 1 fully saturated rings. The van der Waals surface area contributed by atoms with Crippen molar-refractivity contribution >= 4 is 27.7 Å². The van der Waals surface area contributed by atoms with Crippen molar-refractivity contribution in [3.63, 3.8) is 0 Å². The molecule has 0 saturated carbocycles. The molecule has 2 aromatic carbocycles. The van der Waals surface area contributed by atoms with Crippen molar-refractivity contribution in [3.05, 3.63) is 95.5 Å². The van der Waals surface area contributed by atoms with Crippen LogP contribution < -0.4 is 0 Å². The monoisotopic (exact) mass is 485 g/mol. The predicted molar refractivity (Wildman–Crippen MR) is 135 cm³/mol. The lowest BCUT2D eigenvalue weighted by atomic mass is 9.89. The van der Waals surface area contributed by atoms with Gasteiger partial charge in [-0.15, -0.1) is 0 Å². The number of aromatic nitrogens is 2. The summed E-state index contributed by atoms with van der Waals surface area (Å²) in [6.45, 7) is 3.19. The van der Waals surface area contributed by atoms with Crippen LogP contribution in [-0.2, 0) is 10.2 Å². The first kappa shape index (κ1) is 22.1. The zero-order valence-electron chi connectivity index (χ0n) is 19.2. The number of likely N-dealkylation sites (tertiary alicyclic amines) is 1. The van der Waals surface area contributed by atoms with E-state index in [0.29, 0.717) is 30.1 Å². The average molecular weight is 486 g/mol. The number of carboxylic acids is 1. The van der Waals surface area contributed by atoms with Gasteiger partial charge in [0.25, 0.3) is 0 Å². The molecule has 0 spiro atoms. The van der Waals surface area contributed by atoms with E-state index in [9.17, 15) is 9.90 Å². The van der Waals surface area contributed by atoms with E-state index >= 15 is 4.39 Å². The fourth-order valence-electron chi connectivity index (χ4n) is 4.99. The fraction of sp³-hybridized carbons (Fsp3) is 0.250. The maximum absolute atomic E-state index is 15.2. The standard InChI is InChI=1S/C28H24FN3O2S/c1-17(32-14-11-19(16-32)27(33)34)18-7-8-21(22(29)15-18)25-30-23-9-10-24(31-26(23)35-25)28(12-13-28)20-5-3-2-4-6-20/h2-10,12-13,15,17,19H,11,14,16H2,1H3,(H,33,34). The van der Waals surface area contributed by atoms with Crippen molar-refractivity contribution < 1.29 is 14.3 Å². The zero-order valence-corrected chi connectivity index (χ0v) is 20.0. The summed E-state index contributed by atoms with van der Waals surface area (Å²) < 4.78 is 15.2. The molecule has 0 amide bonds. The Morgan fingerprint density at radius 1 is 1.14 bits per heavy atom. The average Bonchev–Trinajstić information content (AvgIpc) is 3.33.